The van der Waals surface area contributed by atoms with E-state index in [-0.39, 0.29) is 5.92 Å². The third-order valence-corrected chi connectivity index (χ3v) is 3.89. The van der Waals surface area contributed by atoms with Crippen LogP contribution in [-0.4, -0.2) is 17.6 Å². The van der Waals surface area contributed by atoms with Crippen molar-refractivity contribution in [2.75, 3.05) is 6.54 Å². The van der Waals surface area contributed by atoms with Crippen LogP contribution >= 0.6 is 0 Å². The van der Waals surface area contributed by atoms with Crippen molar-refractivity contribution in [1.82, 2.24) is 10.3 Å². The second kappa shape index (κ2) is 2.60. The van der Waals surface area contributed by atoms with E-state index in [1.165, 1.54) is 0 Å². The van der Waals surface area contributed by atoms with Crippen molar-refractivity contribution >= 4 is 0 Å². The lowest BCUT2D eigenvalue weighted by Crippen LogP contribution is -2.47. The monoisotopic (exact) mass is 194 g/mol. The largest absolute Gasteiger partial charge is 0.362 e. The van der Waals surface area contributed by atoms with Crippen LogP contribution < -0.4 is 5.32 Å². The first kappa shape index (κ1) is 8.48. The van der Waals surface area contributed by atoms with Crippen molar-refractivity contribution in [3.05, 3.63) is 24.0 Å². The number of rotatable bonds is 2. The van der Waals surface area contributed by atoms with Gasteiger partial charge in [-0.3, -0.25) is 0 Å². The van der Waals surface area contributed by atoms with Crippen molar-refractivity contribution in [1.29, 1.82) is 0 Å². The lowest BCUT2D eigenvalue weighted by atomic mass is 9.65. The third kappa shape index (κ3) is 0.934. The molecule has 1 aromatic rings. The van der Waals surface area contributed by atoms with Gasteiger partial charge >= 0.3 is 0 Å². The molecule has 0 radical (unpaired) electrons. The average Bonchev–Trinajstić information content (AvgIpc) is 2.81. The Balaban J connectivity index is 1.90. The summed E-state index contributed by atoms with van der Waals surface area (Å²) in [6.45, 7) is 2.70. The molecular weight excluding hydrogens is 179 g/mol. The van der Waals surface area contributed by atoms with E-state index in [4.69, 9.17) is 0 Å². The van der Waals surface area contributed by atoms with Crippen LogP contribution in [-0.2, 0) is 5.67 Å². The van der Waals surface area contributed by atoms with Crippen molar-refractivity contribution in [3.8, 4) is 0 Å². The number of alkyl halides is 1. The van der Waals surface area contributed by atoms with Gasteiger partial charge in [-0.25, -0.2) is 4.39 Å². The lowest BCUT2D eigenvalue weighted by molar-refractivity contribution is 0.00566. The van der Waals surface area contributed by atoms with E-state index >= 15 is 0 Å². The lowest BCUT2D eigenvalue weighted by Gasteiger charge is -2.42. The van der Waals surface area contributed by atoms with E-state index in [0.29, 0.717) is 12.0 Å². The van der Waals surface area contributed by atoms with Gasteiger partial charge < -0.3 is 10.3 Å². The van der Waals surface area contributed by atoms with Crippen LogP contribution in [0.1, 0.15) is 19.0 Å². The Kier molecular flexibility index (Phi) is 1.57. The molecule has 0 amide bonds. The smallest absolute Gasteiger partial charge is 0.152 e. The molecule has 1 aromatic heterocycles. The summed E-state index contributed by atoms with van der Waals surface area (Å²) < 4.78 is 14.6. The molecule has 2 saturated heterocycles. The maximum Gasteiger partial charge on any atom is 0.152 e. The van der Waals surface area contributed by atoms with Crippen molar-refractivity contribution in [2.45, 2.75) is 25.1 Å². The molecule has 2 aliphatic heterocycles. The number of hydrogen-bond donors (Lipinski definition) is 2. The molecule has 4 rings (SSSR count). The molecule has 76 valence electrons. The van der Waals surface area contributed by atoms with Gasteiger partial charge in [-0.1, -0.05) is 0 Å². The highest BCUT2D eigenvalue weighted by Crippen LogP contribution is 2.51. The van der Waals surface area contributed by atoms with Crippen molar-refractivity contribution in [3.63, 3.8) is 0 Å². The molecule has 1 aliphatic carbocycles. The Morgan fingerprint density at radius 2 is 2.43 bits per heavy atom. The minimum atomic E-state index is -1.19. The number of H-pyrrole nitrogens is 1. The fourth-order valence-corrected chi connectivity index (χ4v) is 3.11. The fraction of sp³-hybridized carbons (Fsp3) is 0.636. The Bertz CT molecular complexity index is 317. The first-order valence-corrected chi connectivity index (χ1v) is 5.26. The Morgan fingerprint density at radius 3 is 2.93 bits per heavy atom. The van der Waals surface area contributed by atoms with Gasteiger partial charge in [0.2, 0.25) is 0 Å². The topological polar surface area (TPSA) is 27.8 Å². The van der Waals surface area contributed by atoms with Gasteiger partial charge in [0, 0.05) is 18.2 Å². The molecule has 2 bridgehead atoms. The quantitative estimate of drug-likeness (QED) is 0.738. The average molecular weight is 194 g/mol. The normalized spacial score (nSPS) is 39.1. The van der Waals surface area contributed by atoms with Gasteiger partial charge in [0.1, 0.15) is 0 Å². The van der Waals surface area contributed by atoms with E-state index < -0.39 is 5.67 Å². The molecule has 2 N–H and O–H groups in total. The van der Waals surface area contributed by atoms with Crippen LogP contribution in [0.4, 0.5) is 4.39 Å². The van der Waals surface area contributed by atoms with Crippen molar-refractivity contribution in [2.24, 2.45) is 11.8 Å². The van der Waals surface area contributed by atoms with E-state index in [1.807, 2.05) is 12.1 Å². The summed E-state index contributed by atoms with van der Waals surface area (Å²) >= 11 is 0. The van der Waals surface area contributed by atoms with Crippen LogP contribution in [0.2, 0.25) is 0 Å². The summed E-state index contributed by atoms with van der Waals surface area (Å²) in [5, 5.41) is 3.36. The predicted octanol–water partition coefficient (Wildman–Crippen LogP) is 1.81. The maximum absolute atomic E-state index is 14.6. The Hall–Kier alpha value is -0.830. The highest BCUT2D eigenvalue weighted by molar-refractivity contribution is 5.20. The first-order chi connectivity index (χ1) is 6.69. The minimum absolute atomic E-state index is 0.168. The molecule has 3 aliphatic rings. The molecule has 3 fully saturated rings. The summed E-state index contributed by atoms with van der Waals surface area (Å²) in [7, 11) is 0. The van der Waals surface area contributed by atoms with Crippen LogP contribution in [0.15, 0.2) is 18.3 Å². The molecule has 0 spiro atoms. The zero-order chi connectivity index (χ0) is 9.76. The van der Waals surface area contributed by atoms with Gasteiger partial charge in [0.05, 0.1) is 5.69 Å². The van der Waals surface area contributed by atoms with E-state index in [1.54, 1.807) is 13.1 Å². The van der Waals surface area contributed by atoms with Crippen molar-refractivity contribution < 1.29 is 4.39 Å². The summed E-state index contributed by atoms with van der Waals surface area (Å²) in [4.78, 5) is 2.99. The van der Waals surface area contributed by atoms with Gasteiger partial charge in [0.15, 0.2) is 5.67 Å². The molecule has 2 nitrogen and oxygen atoms in total. The third-order valence-electron chi connectivity index (χ3n) is 3.89. The van der Waals surface area contributed by atoms with E-state index in [0.717, 1.165) is 18.7 Å². The minimum Gasteiger partial charge on any atom is -0.362 e. The summed E-state index contributed by atoms with van der Waals surface area (Å²) in [6.07, 6.45) is 2.95. The van der Waals surface area contributed by atoms with Gasteiger partial charge in [0.25, 0.3) is 0 Å². The molecule has 4 unspecified atom stereocenters. The maximum atomic E-state index is 14.6. The number of nitrogens with one attached hydrogen (secondary N) is 2. The molecule has 0 aromatic carbocycles. The highest BCUT2D eigenvalue weighted by Gasteiger charge is 2.56. The number of halogens is 1. The first-order valence-electron chi connectivity index (χ1n) is 5.26. The van der Waals surface area contributed by atoms with Crippen LogP contribution in [0, 0.1) is 11.8 Å². The fourth-order valence-electron chi connectivity index (χ4n) is 3.11. The molecule has 14 heavy (non-hydrogen) atoms. The number of fused-ring (bicyclic) bond motifs is 1. The standard InChI is InChI=1S/C11H15FN2/c1-11(12,9-3-2-4-13-9)10-7-5-8(10)14-6-7/h2-4,7-8,10,13-14H,5-6H2,1H3. The van der Waals surface area contributed by atoms with Gasteiger partial charge in [-0.2, -0.15) is 0 Å². The van der Waals surface area contributed by atoms with Crippen LogP contribution in [0.25, 0.3) is 0 Å². The van der Waals surface area contributed by atoms with E-state index in [2.05, 4.69) is 10.3 Å². The molecule has 3 heterocycles. The van der Waals surface area contributed by atoms with Crippen LogP contribution in [0.5, 0.6) is 0 Å². The van der Waals surface area contributed by atoms with E-state index in [9.17, 15) is 4.39 Å². The SMILES string of the molecule is CC(F)(c1ccc[nH]1)C1C2CNC1C2. The molecule has 1 saturated carbocycles. The summed E-state index contributed by atoms with van der Waals surface area (Å²) in [5.41, 5.74) is -0.471. The van der Waals surface area contributed by atoms with Crippen LogP contribution in [0.3, 0.4) is 0 Å². The molecule has 4 atom stereocenters. The number of hydrogen-bond acceptors (Lipinski definition) is 1. The summed E-state index contributed by atoms with van der Waals surface area (Å²) in [6, 6.07) is 4.11. The Morgan fingerprint density at radius 1 is 1.57 bits per heavy atom. The zero-order valence-electron chi connectivity index (χ0n) is 8.26. The Labute approximate surface area is 82.9 Å². The second-order valence-corrected chi connectivity index (χ2v) is 4.70. The number of aromatic amines is 1. The second-order valence-electron chi connectivity index (χ2n) is 4.70. The zero-order valence-corrected chi connectivity index (χ0v) is 8.26. The molecule has 3 heteroatoms. The predicted molar refractivity (Wildman–Crippen MR) is 52.6 cm³/mol. The number of aromatic nitrogens is 1. The van der Waals surface area contributed by atoms with Gasteiger partial charge in [-0.15, -0.1) is 0 Å². The van der Waals surface area contributed by atoms with Gasteiger partial charge in [-0.05, 0) is 37.9 Å². The summed E-state index contributed by atoms with van der Waals surface area (Å²) in [5.74, 6) is 0.708. The highest BCUT2D eigenvalue weighted by atomic mass is 19.1. The molecular formula is C11H15FN2.